The van der Waals surface area contributed by atoms with Crippen LogP contribution in [0, 0.1) is 0 Å². The van der Waals surface area contributed by atoms with E-state index in [0.717, 1.165) is 11.3 Å². The molecule has 21 heavy (non-hydrogen) atoms. The van der Waals surface area contributed by atoms with Crippen LogP contribution in [0.3, 0.4) is 0 Å². The van der Waals surface area contributed by atoms with Crippen molar-refractivity contribution in [2.45, 2.75) is 25.4 Å². The Morgan fingerprint density at radius 3 is 2.29 bits per heavy atom. The summed E-state index contributed by atoms with van der Waals surface area (Å²) in [7, 11) is 1.59. The maximum absolute atomic E-state index is 12.2. The van der Waals surface area contributed by atoms with Gasteiger partial charge in [-0.15, -0.1) is 0 Å². The molecule has 0 saturated carbocycles. The molecule has 0 heterocycles. The summed E-state index contributed by atoms with van der Waals surface area (Å²) in [6.45, 7) is 1.74. The van der Waals surface area contributed by atoms with Crippen LogP contribution in [0.1, 0.15) is 35.7 Å². The first-order valence-corrected chi connectivity index (χ1v) is 6.98. The molecule has 2 aromatic rings. The second-order valence-corrected chi connectivity index (χ2v) is 5.29. The van der Waals surface area contributed by atoms with Crippen LogP contribution < -0.4 is 4.74 Å². The zero-order chi connectivity index (χ0) is 15.3. The van der Waals surface area contributed by atoms with E-state index < -0.39 is 5.60 Å². The Kier molecular flexibility index (Phi) is 4.76. The summed E-state index contributed by atoms with van der Waals surface area (Å²) >= 11 is 0. The van der Waals surface area contributed by atoms with E-state index in [1.54, 1.807) is 38.3 Å². The van der Waals surface area contributed by atoms with Crippen LogP contribution in [0.5, 0.6) is 5.75 Å². The largest absolute Gasteiger partial charge is 0.497 e. The van der Waals surface area contributed by atoms with Crippen molar-refractivity contribution in [2.24, 2.45) is 0 Å². The van der Waals surface area contributed by atoms with Crippen LogP contribution >= 0.6 is 0 Å². The highest BCUT2D eigenvalue weighted by atomic mass is 16.5. The number of hydrogen-bond acceptors (Lipinski definition) is 3. The third-order valence-corrected chi connectivity index (χ3v) is 3.65. The van der Waals surface area contributed by atoms with E-state index in [-0.39, 0.29) is 5.78 Å². The average Bonchev–Trinajstić information content (AvgIpc) is 2.53. The Hall–Kier alpha value is -2.13. The van der Waals surface area contributed by atoms with Crippen molar-refractivity contribution in [2.75, 3.05) is 7.11 Å². The lowest BCUT2D eigenvalue weighted by atomic mass is 9.89. The molecule has 0 unspecified atom stereocenters. The molecule has 3 nitrogen and oxygen atoms in total. The highest BCUT2D eigenvalue weighted by Crippen LogP contribution is 2.26. The lowest BCUT2D eigenvalue weighted by molar-refractivity contribution is 0.0437. The van der Waals surface area contributed by atoms with Crippen molar-refractivity contribution in [3.05, 3.63) is 65.7 Å². The molecule has 0 saturated heterocycles. The van der Waals surface area contributed by atoms with Crippen molar-refractivity contribution in [3.63, 3.8) is 0 Å². The zero-order valence-electron chi connectivity index (χ0n) is 12.4. The van der Waals surface area contributed by atoms with Crippen molar-refractivity contribution >= 4 is 5.78 Å². The smallest absolute Gasteiger partial charge is 0.162 e. The van der Waals surface area contributed by atoms with Gasteiger partial charge in [-0.2, -0.15) is 0 Å². The van der Waals surface area contributed by atoms with E-state index in [1.807, 2.05) is 30.3 Å². The van der Waals surface area contributed by atoms with Gasteiger partial charge in [-0.05, 0) is 43.2 Å². The fraction of sp³-hybridized carbons (Fsp3) is 0.278. The van der Waals surface area contributed by atoms with Gasteiger partial charge < -0.3 is 9.84 Å². The third kappa shape index (κ3) is 3.92. The lowest BCUT2D eigenvalue weighted by Crippen LogP contribution is -2.22. The molecule has 1 atom stereocenters. The van der Waals surface area contributed by atoms with Crippen LogP contribution in [0.4, 0.5) is 0 Å². The van der Waals surface area contributed by atoms with E-state index in [9.17, 15) is 9.90 Å². The maximum Gasteiger partial charge on any atom is 0.162 e. The SMILES string of the molecule is COc1ccc(C(=O)CC[C@@](C)(O)c2ccccc2)cc1. The van der Waals surface area contributed by atoms with Crippen molar-refractivity contribution in [1.82, 2.24) is 0 Å². The molecule has 2 rings (SSSR count). The summed E-state index contributed by atoms with van der Waals surface area (Å²) in [5, 5.41) is 10.5. The fourth-order valence-electron chi connectivity index (χ4n) is 2.22. The molecule has 0 spiro atoms. The number of rotatable bonds is 6. The van der Waals surface area contributed by atoms with E-state index in [2.05, 4.69) is 0 Å². The number of hydrogen-bond donors (Lipinski definition) is 1. The molecule has 0 fully saturated rings. The van der Waals surface area contributed by atoms with Crippen LogP contribution in [-0.4, -0.2) is 18.0 Å². The van der Waals surface area contributed by atoms with Gasteiger partial charge in [0.15, 0.2) is 5.78 Å². The number of benzene rings is 2. The van der Waals surface area contributed by atoms with Gasteiger partial charge in [-0.3, -0.25) is 4.79 Å². The molecular weight excluding hydrogens is 264 g/mol. The van der Waals surface area contributed by atoms with Gasteiger partial charge in [0, 0.05) is 12.0 Å². The van der Waals surface area contributed by atoms with Gasteiger partial charge >= 0.3 is 0 Å². The van der Waals surface area contributed by atoms with Gasteiger partial charge in [-0.25, -0.2) is 0 Å². The highest BCUT2D eigenvalue weighted by Gasteiger charge is 2.23. The topological polar surface area (TPSA) is 46.5 Å². The minimum absolute atomic E-state index is 0.0221. The van der Waals surface area contributed by atoms with Gasteiger partial charge in [0.1, 0.15) is 5.75 Å². The number of ether oxygens (including phenoxy) is 1. The Labute approximate surface area is 125 Å². The van der Waals surface area contributed by atoms with Crippen LogP contribution in [0.25, 0.3) is 0 Å². The van der Waals surface area contributed by atoms with Crippen molar-refractivity contribution < 1.29 is 14.6 Å². The highest BCUT2D eigenvalue weighted by molar-refractivity contribution is 5.96. The van der Waals surface area contributed by atoms with Gasteiger partial charge in [0.2, 0.25) is 0 Å². The molecule has 0 aliphatic carbocycles. The summed E-state index contributed by atoms with van der Waals surface area (Å²) in [5.41, 5.74) is 0.468. The second-order valence-electron chi connectivity index (χ2n) is 5.29. The summed E-state index contributed by atoms with van der Waals surface area (Å²) < 4.78 is 5.07. The molecule has 3 heteroatoms. The standard InChI is InChI=1S/C18H20O3/c1-18(20,15-6-4-3-5-7-15)13-12-17(19)14-8-10-16(21-2)11-9-14/h3-11,20H,12-13H2,1-2H3/t18-/m1/s1. The third-order valence-electron chi connectivity index (χ3n) is 3.65. The van der Waals surface area contributed by atoms with Crippen molar-refractivity contribution in [3.8, 4) is 5.75 Å². The normalized spacial score (nSPS) is 13.5. The summed E-state index contributed by atoms with van der Waals surface area (Å²) in [6.07, 6.45) is 0.691. The van der Waals surface area contributed by atoms with E-state index in [0.29, 0.717) is 18.4 Å². The first kappa shape index (κ1) is 15.3. The number of Topliss-reactive ketones (excluding diaryl/α,β-unsaturated/α-hetero) is 1. The van der Waals surface area contributed by atoms with E-state index in [4.69, 9.17) is 4.74 Å². The zero-order valence-corrected chi connectivity index (χ0v) is 12.4. The maximum atomic E-state index is 12.2. The Bertz CT molecular complexity index is 586. The van der Waals surface area contributed by atoms with E-state index in [1.165, 1.54) is 0 Å². The minimum Gasteiger partial charge on any atom is -0.497 e. The average molecular weight is 284 g/mol. The van der Waals surface area contributed by atoms with Gasteiger partial charge in [-0.1, -0.05) is 30.3 Å². The van der Waals surface area contributed by atoms with Crippen LogP contribution in [-0.2, 0) is 5.60 Å². The predicted octanol–water partition coefficient (Wildman–Crippen LogP) is 3.57. The summed E-state index contributed by atoms with van der Waals surface area (Å²) in [6, 6.07) is 16.4. The predicted molar refractivity (Wildman–Crippen MR) is 82.6 cm³/mol. The molecule has 0 bridgehead atoms. The number of ketones is 1. The van der Waals surface area contributed by atoms with Crippen molar-refractivity contribution in [1.29, 1.82) is 0 Å². The summed E-state index contributed by atoms with van der Waals surface area (Å²) in [5.74, 6) is 0.747. The molecule has 0 aliphatic heterocycles. The number of carbonyl (C=O) groups excluding carboxylic acids is 1. The lowest BCUT2D eigenvalue weighted by Gasteiger charge is -2.23. The Balaban J connectivity index is 2.00. The monoisotopic (exact) mass is 284 g/mol. The molecule has 0 aliphatic rings. The first-order chi connectivity index (χ1) is 10.0. The Morgan fingerprint density at radius 1 is 1.10 bits per heavy atom. The molecule has 1 N–H and O–H groups in total. The van der Waals surface area contributed by atoms with E-state index >= 15 is 0 Å². The number of carbonyl (C=O) groups is 1. The fourth-order valence-corrected chi connectivity index (χ4v) is 2.22. The molecule has 2 aromatic carbocycles. The number of aliphatic hydroxyl groups is 1. The van der Waals surface area contributed by atoms with Gasteiger partial charge in [0.05, 0.1) is 12.7 Å². The molecule has 0 aromatic heterocycles. The van der Waals surface area contributed by atoms with Gasteiger partial charge in [0.25, 0.3) is 0 Å². The molecule has 0 radical (unpaired) electrons. The molecule has 110 valence electrons. The number of methoxy groups -OCH3 is 1. The quantitative estimate of drug-likeness (QED) is 0.825. The molecule has 0 amide bonds. The second kappa shape index (κ2) is 6.55. The summed E-state index contributed by atoms with van der Waals surface area (Å²) in [4.78, 5) is 12.2. The molecular formula is C18H20O3. The Morgan fingerprint density at radius 2 is 1.71 bits per heavy atom. The van der Waals surface area contributed by atoms with Crippen LogP contribution in [0.2, 0.25) is 0 Å². The first-order valence-electron chi connectivity index (χ1n) is 6.98. The minimum atomic E-state index is -0.997. The van der Waals surface area contributed by atoms with Crippen LogP contribution in [0.15, 0.2) is 54.6 Å².